The van der Waals surface area contributed by atoms with Gasteiger partial charge in [-0.05, 0) is 61.1 Å². The fourth-order valence-corrected chi connectivity index (χ4v) is 8.13. The van der Waals surface area contributed by atoms with Crippen molar-refractivity contribution in [2.24, 2.45) is 29.4 Å². The highest BCUT2D eigenvalue weighted by Crippen LogP contribution is 2.24. The van der Waals surface area contributed by atoms with E-state index in [0.717, 1.165) is 0 Å². The lowest BCUT2D eigenvalue weighted by Crippen LogP contribution is -2.62. The minimum Gasteiger partial charge on any atom is -0.394 e. The van der Waals surface area contributed by atoms with Crippen LogP contribution in [0.1, 0.15) is 98.2 Å². The second-order valence-electron chi connectivity index (χ2n) is 19.9. The Morgan fingerprint density at radius 3 is 1.86 bits per heavy atom. The summed E-state index contributed by atoms with van der Waals surface area (Å²) in [7, 11) is 0. The molecule has 0 unspecified atom stereocenters. The number of carbonyl (C=O) groups excluding carboxylic acids is 9. The number of aliphatic hydroxyl groups excluding tert-OH is 3. The number of carbonyl (C=O) groups is 9. The molecule has 2 heterocycles. The van der Waals surface area contributed by atoms with Crippen molar-refractivity contribution < 1.29 is 58.5 Å². The predicted octanol–water partition coefficient (Wildman–Crippen LogP) is -2.61. The highest BCUT2D eigenvalue weighted by Gasteiger charge is 2.39. The van der Waals surface area contributed by atoms with Crippen LogP contribution in [0.15, 0.2) is 54.9 Å². The van der Waals surface area contributed by atoms with Gasteiger partial charge in [-0.2, -0.15) is 0 Å². The molecule has 0 radical (unpaired) electrons. The standard InChI is InChI=1S/C51H79N13O12/c1-9-28(6)38-49(75)63-40(30(8)66)48(74)56-24-37(67)57-35(22-31-15-13-19-54-23-31)46(72)60-36(25-65)47(73)62-39(32-16-11-10-12-17-32)29(7)43(69)64-41(42(68)27(4)5)50(76)59-34(21-26(2)3)45(71)58-33(44(70)61-38)18-14-20-55-51(52)53/h10-13,15-17,19,23,26-30,33-36,38-42,65-66,68H,9,14,18,20-22,24-25H2,1-8H3,(H,56,74)(H,57,67)(H,58,71)(H,59,76)(H,60,72)(H,61,70)(H,62,73)(H,63,75)(H,64,69)(H4,52,53,55)/t28-,29-,30-,33+,34-,35-,36-,38-,39-,40-,41-,42+/m0/s1. The molecule has 0 bridgehead atoms. The van der Waals surface area contributed by atoms with Gasteiger partial charge in [0.25, 0.3) is 0 Å². The van der Waals surface area contributed by atoms with E-state index in [1.54, 1.807) is 84.0 Å². The van der Waals surface area contributed by atoms with Crippen LogP contribution in [-0.4, -0.2) is 154 Å². The molecule has 25 heteroatoms. The van der Waals surface area contributed by atoms with Gasteiger partial charge in [-0.15, -0.1) is 0 Å². The zero-order chi connectivity index (χ0) is 56.8. The summed E-state index contributed by atoms with van der Waals surface area (Å²) in [5.74, 6) is -11.3. The van der Waals surface area contributed by atoms with Crippen molar-refractivity contribution >= 4 is 59.1 Å². The molecular weight excluding hydrogens is 987 g/mol. The number of benzene rings is 1. The molecule has 1 aliphatic rings. The first-order valence-corrected chi connectivity index (χ1v) is 25.6. The molecule has 420 valence electrons. The topological polar surface area (TPSA) is 397 Å². The van der Waals surface area contributed by atoms with Crippen LogP contribution in [0.25, 0.3) is 0 Å². The number of aliphatic hydroxyl groups is 3. The van der Waals surface area contributed by atoms with Gasteiger partial charge in [-0.1, -0.05) is 91.3 Å². The quantitative estimate of drug-likeness (QED) is 0.0494. The van der Waals surface area contributed by atoms with Crippen molar-refractivity contribution in [2.75, 3.05) is 19.7 Å². The number of hydrogen-bond donors (Lipinski definition) is 15. The van der Waals surface area contributed by atoms with Gasteiger partial charge in [0.15, 0.2) is 5.96 Å². The van der Waals surface area contributed by atoms with Crippen molar-refractivity contribution in [3.8, 4) is 0 Å². The minimum absolute atomic E-state index is 0.00386. The van der Waals surface area contributed by atoms with Crippen molar-refractivity contribution in [1.82, 2.24) is 58.2 Å². The van der Waals surface area contributed by atoms with Gasteiger partial charge in [0.05, 0.1) is 37.3 Å². The van der Waals surface area contributed by atoms with Crippen LogP contribution in [0.4, 0.5) is 0 Å². The maximum absolute atomic E-state index is 14.4. The fourth-order valence-electron chi connectivity index (χ4n) is 8.13. The molecule has 1 fully saturated rings. The highest BCUT2D eigenvalue weighted by atomic mass is 16.3. The molecular formula is C51H79N13O12. The van der Waals surface area contributed by atoms with Crippen LogP contribution >= 0.6 is 0 Å². The molecule has 16 N–H and O–H groups in total. The summed E-state index contributed by atoms with van der Waals surface area (Å²) in [5, 5.41) is 66.0. The minimum atomic E-state index is -1.69. The van der Waals surface area contributed by atoms with E-state index in [9.17, 15) is 58.5 Å². The Hall–Kier alpha value is -7.25. The monoisotopic (exact) mass is 1070 g/mol. The molecule has 76 heavy (non-hydrogen) atoms. The number of nitrogens with two attached hydrogens (primary N) is 1. The summed E-state index contributed by atoms with van der Waals surface area (Å²) in [6.07, 6.45) is 0.0303. The van der Waals surface area contributed by atoms with Crippen LogP contribution in [0.3, 0.4) is 0 Å². The van der Waals surface area contributed by atoms with E-state index in [-0.39, 0.29) is 44.1 Å². The summed E-state index contributed by atoms with van der Waals surface area (Å²) >= 11 is 0. The molecule has 1 aromatic carbocycles. The van der Waals surface area contributed by atoms with Crippen LogP contribution in [0.2, 0.25) is 0 Å². The summed E-state index contributed by atoms with van der Waals surface area (Å²) in [6.45, 7) is 11.1. The van der Waals surface area contributed by atoms with Crippen molar-refractivity contribution in [3.63, 3.8) is 0 Å². The second kappa shape index (κ2) is 31.0. The second-order valence-corrected chi connectivity index (χ2v) is 19.9. The first kappa shape index (κ1) is 63.0. The Bertz CT molecular complexity index is 2290. The zero-order valence-corrected chi connectivity index (χ0v) is 44.5. The first-order valence-electron chi connectivity index (χ1n) is 25.6. The van der Waals surface area contributed by atoms with Gasteiger partial charge >= 0.3 is 0 Å². The maximum Gasteiger partial charge on any atom is 0.245 e. The number of nitrogens with one attached hydrogen (secondary N) is 11. The van der Waals surface area contributed by atoms with E-state index in [4.69, 9.17) is 11.1 Å². The van der Waals surface area contributed by atoms with Crippen LogP contribution < -0.4 is 58.9 Å². The third kappa shape index (κ3) is 19.8. The smallest absolute Gasteiger partial charge is 0.245 e. The van der Waals surface area contributed by atoms with E-state index < -0.39 is 145 Å². The number of aromatic nitrogens is 1. The molecule has 12 atom stereocenters. The number of amides is 9. The lowest BCUT2D eigenvalue weighted by molar-refractivity contribution is -0.138. The van der Waals surface area contributed by atoms with E-state index in [2.05, 4.69) is 58.2 Å². The van der Waals surface area contributed by atoms with Crippen LogP contribution in [0.5, 0.6) is 0 Å². The highest BCUT2D eigenvalue weighted by molar-refractivity contribution is 5.98. The van der Waals surface area contributed by atoms with Gasteiger partial charge in [0.1, 0.15) is 42.3 Å². The van der Waals surface area contributed by atoms with Gasteiger partial charge in [0, 0.05) is 25.4 Å². The van der Waals surface area contributed by atoms with Gasteiger partial charge in [0.2, 0.25) is 53.2 Å². The molecule has 0 aliphatic carbocycles. The summed E-state index contributed by atoms with van der Waals surface area (Å²) in [4.78, 5) is 131. The molecule has 0 saturated carbocycles. The van der Waals surface area contributed by atoms with Gasteiger partial charge < -0.3 is 74.2 Å². The maximum atomic E-state index is 14.4. The van der Waals surface area contributed by atoms with Gasteiger partial charge in [-0.25, -0.2) is 0 Å². The lowest BCUT2D eigenvalue weighted by atomic mass is 9.91. The molecule has 0 spiro atoms. The Labute approximate surface area is 443 Å². The SMILES string of the molecule is CC[C@H](C)[C@@H]1NC(=O)[C@@H](CCCNC(=N)N)NC(=O)[C@H](CC(C)C)NC(=O)[C@H]([C@H](O)C(C)C)NC(=O)[C@@H](C)[C@@H](c2ccccc2)NC(=O)[C@H](CO)NC(=O)[C@H](Cc2cccnc2)NC(=O)CNC(=O)[C@H]([C@H](C)O)NC1=O. The van der Waals surface area contributed by atoms with E-state index in [1.165, 1.54) is 26.2 Å². The Balaban J connectivity index is 2.20. The molecule has 3 rings (SSSR count). The van der Waals surface area contributed by atoms with Crippen LogP contribution in [-0.2, 0) is 49.6 Å². The van der Waals surface area contributed by atoms with E-state index >= 15 is 0 Å². The zero-order valence-electron chi connectivity index (χ0n) is 44.5. The fraction of sp³-hybridized carbons (Fsp3) is 0.588. The lowest BCUT2D eigenvalue weighted by Gasteiger charge is -2.32. The van der Waals surface area contributed by atoms with E-state index in [0.29, 0.717) is 17.5 Å². The molecule has 1 aromatic heterocycles. The van der Waals surface area contributed by atoms with Crippen LogP contribution in [0, 0.1) is 29.1 Å². The summed E-state index contributed by atoms with van der Waals surface area (Å²) < 4.78 is 0. The number of rotatable bonds is 15. The Morgan fingerprint density at radius 2 is 1.28 bits per heavy atom. The Kier molecular flexibility index (Phi) is 25.7. The molecule has 1 aliphatic heterocycles. The molecule has 2 aromatic rings. The van der Waals surface area contributed by atoms with Gasteiger partial charge in [-0.3, -0.25) is 53.5 Å². The van der Waals surface area contributed by atoms with Crippen molar-refractivity contribution in [2.45, 2.75) is 148 Å². The number of pyridine rings is 1. The Morgan fingerprint density at radius 1 is 0.697 bits per heavy atom. The average Bonchev–Trinajstić information content (AvgIpc) is 3.38. The van der Waals surface area contributed by atoms with Crippen molar-refractivity contribution in [3.05, 3.63) is 66.0 Å². The number of nitrogens with zero attached hydrogens (tertiary/aromatic N) is 1. The van der Waals surface area contributed by atoms with Crippen molar-refractivity contribution in [1.29, 1.82) is 5.41 Å². The predicted molar refractivity (Wildman–Crippen MR) is 279 cm³/mol. The first-order chi connectivity index (χ1) is 35.9. The summed E-state index contributed by atoms with van der Waals surface area (Å²) in [5.41, 5.74) is 6.34. The van der Waals surface area contributed by atoms with E-state index in [1.807, 2.05) is 0 Å². The molecule has 9 amide bonds. The largest absolute Gasteiger partial charge is 0.394 e. The average molecular weight is 1070 g/mol. The third-order valence-corrected chi connectivity index (χ3v) is 12.8. The summed E-state index contributed by atoms with van der Waals surface area (Å²) in [6, 6.07) is -0.397. The number of hydrogen-bond acceptors (Lipinski definition) is 14. The number of guanidine groups is 1. The normalized spacial score (nSPS) is 25.8. The third-order valence-electron chi connectivity index (χ3n) is 12.8. The molecule has 1 saturated heterocycles. The molecule has 25 nitrogen and oxygen atoms in total.